The van der Waals surface area contributed by atoms with E-state index >= 15 is 0 Å². The van der Waals surface area contributed by atoms with Gasteiger partial charge >= 0.3 is 0 Å². The first kappa shape index (κ1) is 16.3. The summed E-state index contributed by atoms with van der Waals surface area (Å²) in [4.78, 5) is 0.323. The summed E-state index contributed by atoms with van der Waals surface area (Å²) in [5, 5.41) is 0.723. The van der Waals surface area contributed by atoms with Gasteiger partial charge < -0.3 is 0 Å². The van der Waals surface area contributed by atoms with Crippen molar-refractivity contribution >= 4 is 37.7 Å². The van der Waals surface area contributed by atoms with Gasteiger partial charge in [-0.25, -0.2) is 13.1 Å². The second-order valence-corrected chi connectivity index (χ2v) is 9.07. The van der Waals surface area contributed by atoms with Gasteiger partial charge in [0.05, 0.1) is 4.90 Å². The fraction of sp³-hybridized carbons (Fsp3) is 0.571. The van der Waals surface area contributed by atoms with Gasteiger partial charge in [0, 0.05) is 22.0 Å². The maximum atomic E-state index is 12.1. The first-order chi connectivity index (χ1) is 9.58. The zero-order valence-corrected chi connectivity index (χ0v) is 14.6. The molecule has 0 unspecified atom stereocenters. The van der Waals surface area contributed by atoms with Gasteiger partial charge in [-0.1, -0.05) is 35.2 Å². The van der Waals surface area contributed by atoms with Crippen molar-refractivity contribution in [3.05, 3.63) is 28.7 Å². The number of halogens is 1. The van der Waals surface area contributed by atoms with Gasteiger partial charge in [0.15, 0.2) is 0 Å². The van der Waals surface area contributed by atoms with Crippen LogP contribution in [0.4, 0.5) is 0 Å². The molecule has 0 heterocycles. The Labute approximate surface area is 134 Å². The van der Waals surface area contributed by atoms with Gasteiger partial charge in [0.1, 0.15) is 0 Å². The molecule has 1 fully saturated rings. The van der Waals surface area contributed by atoms with Gasteiger partial charge in [0.2, 0.25) is 10.0 Å². The molecule has 1 aromatic rings. The molecule has 1 aliphatic carbocycles. The van der Waals surface area contributed by atoms with Crippen LogP contribution in [-0.2, 0) is 10.0 Å². The molecule has 0 bridgehead atoms. The fourth-order valence-corrected chi connectivity index (χ4v) is 4.98. The van der Waals surface area contributed by atoms with E-state index in [4.69, 9.17) is 0 Å². The van der Waals surface area contributed by atoms with Crippen molar-refractivity contribution < 1.29 is 8.42 Å². The number of rotatable bonds is 6. The monoisotopic (exact) mass is 377 g/mol. The normalized spacial score (nSPS) is 17.2. The molecule has 2 rings (SSSR count). The van der Waals surface area contributed by atoms with Crippen LogP contribution in [0.1, 0.15) is 32.1 Å². The molecular weight excluding hydrogens is 358 g/mol. The Bertz CT molecular complexity index is 510. The van der Waals surface area contributed by atoms with E-state index in [-0.39, 0.29) is 0 Å². The van der Waals surface area contributed by atoms with E-state index in [1.807, 2.05) is 11.8 Å². The first-order valence-electron chi connectivity index (χ1n) is 6.95. The smallest absolute Gasteiger partial charge is 0.210 e. The molecule has 0 atom stereocenters. The Morgan fingerprint density at radius 1 is 1.15 bits per heavy atom. The standard InChI is InChI=1S/C14H20BrNO2S2/c15-12-6-8-14(9-7-12)20(17,18)16-10-11-19-13-4-2-1-3-5-13/h6-9,13,16H,1-5,10-11H2. The third kappa shape index (κ3) is 5.06. The summed E-state index contributed by atoms with van der Waals surface area (Å²) in [5.41, 5.74) is 0. The molecule has 0 aliphatic heterocycles. The Morgan fingerprint density at radius 3 is 2.45 bits per heavy atom. The Balaban J connectivity index is 1.76. The van der Waals surface area contributed by atoms with Crippen molar-refractivity contribution in [1.82, 2.24) is 4.72 Å². The van der Waals surface area contributed by atoms with Crippen molar-refractivity contribution in [2.75, 3.05) is 12.3 Å². The Kier molecular flexibility index (Phi) is 6.39. The van der Waals surface area contributed by atoms with E-state index < -0.39 is 10.0 Å². The lowest BCUT2D eigenvalue weighted by Crippen LogP contribution is -2.26. The van der Waals surface area contributed by atoms with Crippen LogP contribution >= 0.6 is 27.7 Å². The zero-order valence-electron chi connectivity index (χ0n) is 11.3. The summed E-state index contributed by atoms with van der Waals surface area (Å²) in [5.74, 6) is 0.848. The highest BCUT2D eigenvalue weighted by atomic mass is 79.9. The molecule has 1 N–H and O–H groups in total. The summed E-state index contributed by atoms with van der Waals surface area (Å²) in [6.07, 6.45) is 6.56. The number of sulfonamides is 1. The van der Waals surface area contributed by atoms with Crippen LogP contribution in [0.25, 0.3) is 0 Å². The van der Waals surface area contributed by atoms with E-state index in [0.29, 0.717) is 11.4 Å². The largest absolute Gasteiger partial charge is 0.240 e. The van der Waals surface area contributed by atoms with E-state index in [9.17, 15) is 8.42 Å². The second-order valence-electron chi connectivity index (χ2n) is 4.98. The lowest BCUT2D eigenvalue weighted by atomic mass is 10.0. The highest BCUT2D eigenvalue weighted by Gasteiger charge is 2.15. The molecule has 1 aliphatic rings. The van der Waals surface area contributed by atoms with Crippen LogP contribution in [0.5, 0.6) is 0 Å². The van der Waals surface area contributed by atoms with E-state index in [1.54, 1.807) is 24.3 Å². The van der Waals surface area contributed by atoms with Gasteiger partial charge in [-0.15, -0.1) is 0 Å². The second kappa shape index (κ2) is 7.82. The van der Waals surface area contributed by atoms with Gasteiger partial charge in [0.25, 0.3) is 0 Å². The minimum Gasteiger partial charge on any atom is -0.210 e. The first-order valence-corrected chi connectivity index (χ1v) is 10.3. The third-order valence-electron chi connectivity index (χ3n) is 3.42. The predicted octanol–water partition coefficient (Wildman–Crippen LogP) is 3.79. The maximum Gasteiger partial charge on any atom is 0.240 e. The van der Waals surface area contributed by atoms with E-state index in [2.05, 4.69) is 20.7 Å². The minimum absolute atomic E-state index is 0.323. The van der Waals surface area contributed by atoms with Crippen molar-refractivity contribution in [1.29, 1.82) is 0 Å². The molecule has 1 aromatic carbocycles. The van der Waals surface area contributed by atoms with Crippen LogP contribution in [0.3, 0.4) is 0 Å². The molecule has 0 spiro atoms. The topological polar surface area (TPSA) is 46.2 Å². The van der Waals surface area contributed by atoms with Gasteiger partial charge in [-0.05, 0) is 37.1 Å². The number of hydrogen-bond acceptors (Lipinski definition) is 3. The molecular formula is C14H20BrNO2S2. The molecule has 0 saturated heterocycles. The van der Waals surface area contributed by atoms with Gasteiger partial charge in [-0.3, -0.25) is 0 Å². The number of hydrogen-bond donors (Lipinski definition) is 1. The van der Waals surface area contributed by atoms with Crippen LogP contribution in [0, 0.1) is 0 Å². The van der Waals surface area contributed by atoms with Crippen molar-refractivity contribution in [2.45, 2.75) is 42.2 Å². The quantitative estimate of drug-likeness (QED) is 0.766. The molecule has 1 saturated carbocycles. The SMILES string of the molecule is O=S(=O)(NCCSC1CCCCC1)c1ccc(Br)cc1. The highest BCUT2D eigenvalue weighted by Crippen LogP contribution is 2.27. The molecule has 0 amide bonds. The zero-order chi connectivity index (χ0) is 14.4. The summed E-state index contributed by atoms with van der Waals surface area (Å²) in [6, 6.07) is 6.71. The van der Waals surface area contributed by atoms with Crippen LogP contribution < -0.4 is 4.72 Å². The maximum absolute atomic E-state index is 12.1. The van der Waals surface area contributed by atoms with Gasteiger partial charge in [-0.2, -0.15) is 11.8 Å². The van der Waals surface area contributed by atoms with E-state index in [1.165, 1.54) is 32.1 Å². The van der Waals surface area contributed by atoms with Crippen LogP contribution in [0.15, 0.2) is 33.6 Å². The molecule has 0 radical (unpaired) electrons. The number of benzene rings is 1. The van der Waals surface area contributed by atoms with Crippen molar-refractivity contribution in [3.63, 3.8) is 0 Å². The lowest BCUT2D eigenvalue weighted by molar-refractivity contribution is 0.516. The molecule has 0 aromatic heterocycles. The predicted molar refractivity (Wildman–Crippen MR) is 88.7 cm³/mol. The summed E-state index contributed by atoms with van der Waals surface area (Å²) >= 11 is 5.20. The average molecular weight is 378 g/mol. The summed E-state index contributed by atoms with van der Waals surface area (Å²) in [6.45, 7) is 0.500. The third-order valence-corrected chi connectivity index (χ3v) is 6.81. The van der Waals surface area contributed by atoms with Crippen molar-refractivity contribution in [2.24, 2.45) is 0 Å². The Hall–Kier alpha value is -0.0400. The van der Waals surface area contributed by atoms with Crippen LogP contribution in [0.2, 0.25) is 0 Å². The molecule has 3 nitrogen and oxygen atoms in total. The summed E-state index contributed by atoms with van der Waals surface area (Å²) in [7, 11) is -3.36. The highest BCUT2D eigenvalue weighted by molar-refractivity contribution is 9.10. The lowest BCUT2D eigenvalue weighted by Gasteiger charge is -2.20. The molecule has 6 heteroatoms. The van der Waals surface area contributed by atoms with Crippen LogP contribution in [-0.4, -0.2) is 26.0 Å². The molecule has 20 heavy (non-hydrogen) atoms. The number of nitrogens with one attached hydrogen (secondary N) is 1. The van der Waals surface area contributed by atoms with Crippen molar-refractivity contribution in [3.8, 4) is 0 Å². The molecule has 112 valence electrons. The van der Waals surface area contributed by atoms with E-state index in [0.717, 1.165) is 15.5 Å². The minimum atomic E-state index is -3.36. The average Bonchev–Trinajstić information content (AvgIpc) is 2.45. The number of thioether (sulfide) groups is 1. The fourth-order valence-electron chi connectivity index (χ4n) is 2.33. The summed E-state index contributed by atoms with van der Waals surface area (Å²) < 4.78 is 27.7. The Morgan fingerprint density at radius 2 is 1.80 bits per heavy atom.